The smallest absolute Gasteiger partial charge is 0.322 e. The normalized spacial score (nSPS) is 12.6. The van der Waals surface area contributed by atoms with E-state index in [1.807, 2.05) is 6.92 Å². The fourth-order valence-electron chi connectivity index (χ4n) is 2.30. The quantitative estimate of drug-likeness (QED) is 0.913. The summed E-state index contributed by atoms with van der Waals surface area (Å²) in [6.07, 6.45) is 3.61. The lowest BCUT2D eigenvalue weighted by molar-refractivity contribution is 0.546. The van der Waals surface area contributed by atoms with Crippen molar-refractivity contribution in [2.24, 2.45) is 5.73 Å². The van der Waals surface area contributed by atoms with E-state index in [1.165, 1.54) is 11.1 Å². The molecule has 2 N–H and O–H groups in total. The molecule has 0 aliphatic heterocycles. The summed E-state index contributed by atoms with van der Waals surface area (Å²) in [5.41, 5.74) is 9.71. The number of aromatic nitrogens is 2. The highest BCUT2D eigenvalue weighted by atomic mass is 16.1. The summed E-state index contributed by atoms with van der Waals surface area (Å²) in [4.78, 5) is 12.0. The highest BCUT2D eigenvalue weighted by molar-refractivity contribution is 5.32. The third-order valence-corrected chi connectivity index (χ3v) is 3.49. The van der Waals surface area contributed by atoms with Gasteiger partial charge in [-0.15, -0.1) is 0 Å². The Morgan fingerprint density at radius 1 is 1.21 bits per heavy atom. The number of nitrogens with zero attached hydrogens (tertiary/aromatic N) is 2. The van der Waals surface area contributed by atoms with E-state index in [2.05, 4.69) is 32.0 Å². The summed E-state index contributed by atoms with van der Waals surface area (Å²) in [5.74, 6) is 0. The molecule has 4 heteroatoms. The molecular weight excluding hydrogens is 238 g/mol. The molecule has 1 atom stereocenters. The maximum atomic E-state index is 12.0. The van der Waals surface area contributed by atoms with Gasteiger partial charge in [0.15, 0.2) is 0 Å². The molecule has 1 unspecified atom stereocenters. The van der Waals surface area contributed by atoms with Crippen molar-refractivity contribution in [1.29, 1.82) is 0 Å². The van der Waals surface area contributed by atoms with Crippen LogP contribution in [0.5, 0.6) is 0 Å². The summed E-state index contributed by atoms with van der Waals surface area (Å²) < 4.78 is 3.35. The highest BCUT2D eigenvalue weighted by Gasteiger charge is 2.12. The first-order valence-electron chi connectivity index (χ1n) is 6.61. The maximum absolute atomic E-state index is 12.0. The van der Waals surface area contributed by atoms with Crippen LogP contribution >= 0.6 is 0 Å². The number of nitrogens with two attached hydrogens (primary N) is 1. The van der Waals surface area contributed by atoms with Crippen LogP contribution in [-0.4, -0.2) is 9.13 Å². The summed E-state index contributed by atoms with van der Waals surface area (Å²) in [6.45, 7) is 7.25. The lowest BCUT2D eigenvalue weighted by Gasteiger charge is -2.15. The number of aryl methyl sites for hydroxylation is 3. The van der Waals surface area contributed by atoms with Gasteiger partial charge in [0.1, 0.15) is 0 Å². The lowest BCUT2D eigenvalue weighted by atomic mass is 9.99. The molecule has 0 bridgehead atoms. The van der Waals surface area contributed by atoms with E-state index in [0.717, 1.165) is 5.56 Å². The number of rotatable bonds is 4. The number of hydrogen-bond donors (Lipinski definition) is 1. The molecule has 0 spiro atoms. The van der Waals surface area contributed by atoms with Crippen molar-refractivity contribution in [3.05, 3.63) is 57.8 Å². The number of benzene rings is 1. The average Bonchev–Trinajstić information content (AvgIpc) is 2.73. The molecule has 102 valence electrons. The Hall–Kier alpha value is -1.81. The van der Waals surface area contributed by atoms with E-state index >= 15 is 0 Å². The van der Waals surface area contributed by atoms with Crippen LogP contribution in [0.2, 0.25) is 0 Å². The van der Waals surface area contributed by atoms with Gasteiger partial charge in [-0.3, -0.25) is 9.13 Å². The molecule has 2 rings (SSSR count). The van der Waals surface area contributed by atoms with Gasteiger partial charge in [-0.05, 0) is 31.9 Å². The van der Waals surface area contributed by atoms with E-state index in [9.17, 15) is 4.79 Å². The first-order chi connectivity index (χ1) is 9.02. The maximum Gasteiger partial charge on any atom is 0.328 e. The van der Waals surface area contributed by atoms with Gasteiger partial charge in [-0.1, -0.05) is 23.8 Å². The van der Waals surface area contributed by atoms with Crippen LogP contribution in [0.3, 0.4) is 0 Å². The van der Waals surface area contributed by atoms with E-state index in [0.29, 0.717) is 13.1 Å². The minimum atomic E-state index is -0.162. The summed E-state index contributed by atoms with van der Waals surface area (Å²) >= 11 is 0. The predicted octanol–water partition coefficient (Wildman–Crippen LogP) is 1.99. The van der Waals surface area contributed by atoms with Crippen molar-refractivity contribution in [2.45, 2.75) is 39.9 Å². The van der Waals surface area contributed by atoms with Crippen LogP contribution in [-0.2, 0) is 13.1 Å². The molecule has 0 saturated carbocycles. The Bertz CT molecular complexity index is 625. The SMILES string of the molecule is CCn1ccn(CC(N)c2cc(C)ccc2C)c1=O. The number of imidazole rings is 1. The monoisotopic (exact) mass is 259 g/mol. The summed E-state index contributed by atoms with van der Waals surface area (Å²) in [5, 5.41) is 0. The van der Waals surface area contributed by atoms with Crippen molar-refractivity contribution in [3.63, 3.8) is 0 Å². The predicted molar refractivity (Wildman–Crippen MR) is 77.2 cm³/mol. The zero-order valence-electron chi connectivity index (χ0n) is 11.8. The van der Waals surface area contributed by atoms with E-state index in [1.54, 1.807) is 21.5 Å². The van der Waals surface area contributed by atoms with Crippen molar-refractivity contribution in [3.8, 4) is 0 Å². The van der Waals surface area contributed by atoms with E-state index in [4.69, 9.17) is 5.73 Å². The second-order valence-corrected chi connectivity index (χ2v) is 4.99. The molecule has 0 aliphatic rings. The van der Waals surface area contributed by atoms with E-state index < -0.39 is 0 Å². The van der Waals surface area contributed by atoms with Crippen LogP contribution < -0.4 is 11.4 Å². The molecule has 1 heterocycles. The Kier molecular flexibility index (Phi) is 3.90. The van der Waals surface area contributed by atoms with Gasteiger partial charge >= 0.3 is 5.69 Å². The standard InChI is InChI=1S/C15H21N3O/c1-4-17-7-8-18(15(17)19)10-14(16)13-9-11(2)5-6-12(13)3/h5-9,14H,4,10,16H2,1-3H3. The van der Waals surface area contributed by atoms with Gasteiger partial charge in [0.25, 0.3) is 0 Å². The van der Waals surface area contributed by atoms with Crippen molar-refractivity contribution in [2.75, 3.05) is 0 Å². The van der Waals surface area contributed by atoms with Gasteiger partial charge in [-0.2, -0.15) is 0 Å². The van der Waals surface area contributed by atoms with Crippen molar-refractivity contribution < 1.29 is 0 Å². The van der Waals surface area contributed by atoms with Crippen molar-refractivity contribution in [1.82, 2.24) is 9.13 Å². The molecule has 1 aromatic heterocycles. The van der Waals surface area contributed by atoms with Gasteiger partial charge in [0, 0.05) is 31.5 Å². The molecule has 4 nitrogen and oxygen atoms in total. The second kappa shape index (κ2) is 5.45. The minimum Gasteiger partial charge on any atom is -0.322 e. The van der Waals surface area contributed by atoms with Gasteiger partial charge in [0.05, 0.1) is 0 Å². The highest BCUT2D eigenvalue weighted by Crippen LogP contribution is 2.18. The Morgan fingerprint density at radius 3 is 2.53 bits per heavy atom. The summed E-state index contributed by atoms with van der Waals surface area (Å²) in [6, 6.07) is 6.09. The van der Waals surface area contributed by atoms with Gasteiger partial charge < -0.3 is 5.73 Å². The van der Waals surface area contributed by atoms with E-state index in [-0.39, 0.29) is 11.7 Å². The summed E-state index contributed by atoms with van der Waals surface area (Å²) in [7, 11) is 0. The first-order valence-corrected chi connectivity index (χ1v) is 6.61. The van der Waals surface area contributed by atoms with Crippen LogP contribution in [0.4, 0.5) is 0 Å². The zero-order chi connectivity index (χ0) is 14.0. The van der Waals surface area contributed by atoms with Crippen LogP contribution in [0.15, 0.2) is 35.4 Å². The fourth-order valence-corrected chi connectivity index (χ4v) is 2.30. The van der Waals surface area contributed by atoms with Crippen LogP contribution in [0.25, 0.3) is 0 Å². The zero-order valence-corrected chi connectivity index (χ0v) is 11.8. The van der Waals surface area contributed by atoms with Crippen LogP contribution in [0, 0.1) is 13.8 Å². The molecule has 0 fully saturated rings. The molecule has 1 aromatic carbocycles. The average molecular weight is 259 g/mol. The molecule has 2 aromatic rings. The second-order valence-electron chi connectivity index (χ2n) is 4.99. The minimum absolute atomic E-state index is 0.00301. The molecule has 0 amide bonds. The first kappa shape index (κ1) is 13.6. The fraction of sp³-hybridized carbons (Fsp3) is 0.400. The molecule has 19 heavy (non-hydrogen) atoms. The molecular formula is C15H21N3O. The molecule has 0 radical (unpaired) electrons. The topological polar surface area (TPSA) is 52.9 Å². The third-order valence-electron chi connectivity index (χ3n) is 3.49. The van der Waals surface area contributed by atoms with Crippen molar-refractivity contribution >= 4 is 0 Å². The van der Waals surface area contributed by atoms with Crippen LogP contribution in [0.1, 0.15) is 29.7 Å². The lowest BCUT2D eigenvalue weighted by Crippen LogP contribution is -2.28. The third kappa shape index (κ3) is 2.79. The molecule has 0 aliphatic carbocycles. The number of hydrogen-bond acceptors (Lipinski definition) is 2. The van der Waals surface area contributed by atoms with Gasteiger partial charge in [-0.25, -0.2) is 4.79 Å². The Morgan fingerprint density at radius 2 is 1.89 bits per heavy atom. The Labute approximate surface area is 113 Å². The van der Waals surface area contributed by atoms with Gasteiger partial charge in [0.2, 0.25) is 0 Å². The largest absolute Gasteiger partial charge is 0.328 e. The molecule has 0 saturated heterocycles. The Balaban J connectivity index is 2.25.